The van der Waals surface area contributed by atoms with E-state index in [-0.39, 0.29) is 11.8 Å². The molecule has 0 unspecified atom stereocenters. The molecule has 0 aromatic carbocycles. The van der Waals surface area contributed by atoms with Gasteiger partial charge in [-0.25, -0.2) is 0 Å². The van der Waals surface area contributed by atoms with E-state index in [4.69, 9.17) is 51.5 Å². The van der Waals surface area contributed by atoms with E-state index in [0.29, 0.717) is 0 Å². The average Bonchev–Trinajstić information content (AvgIpc) is 1.79. The lowest BCUT2D eigenvalue weighted by molar-refractivity contribution is 1.34. The van der Waals surface area contributed by atoms with Crippen molar-refractivity contribution in [2.45, 2.75) is 3.79 Å². The van der Waals surface area contributed by atoms with Gasteiger partial charge in [0.25, 0.3) is 0 Å². The van der Waals surface area contributed by atoms with Gasteiger partial charge in [0.2, 0.25) is 17.3 Å². The van der Waals surface area contributed by atoms with Crippen molar-refractivity contribution < 1.29 is 0 Å². The first-order valence-corrected chi connectivity index (χ1v) is 5.88. The van der Waals surface area contributed by atoms with Gasteiger partial charge in [-0.05, 0) is 0 Å². The zero-order chi connectivity index (χ0) is 10.3. The van der Waals surface area contributed by atoms with Crippen molar-refractivity contribution in [1.29, 1.82) is 0 Å². The summed E-state index contributed by atoms with van der Waals surface area (Å²) in [5.41, 5.74) is 16.2. The largest absolute Gasteiger partial charge is 0.368 e. The molecule has 0 radical (unpaired) electrons. The fourth-order valence-corrected chi connectivity index (χ4v) is 1.96. The molecule has 0 aromatic rings. The van der Waals surface area contributed by atoms with Crippen molar-refractivity contribution in [1.82, 2.24) is 0 Å². The maximum atomic E-state index is 5.51. The summed E-state index contributed by atoms with van der Waals surface area (Å²) < 4.78 is 5.51. The Balaban J connectivity index is 3.20. The molecule has 0 saturated carbocycles. The van der Waals surface area contributed by atoms with Crippen LogP contribution in [0, 0.1) is 0 Å². The molecule has 0 atom stereocenters. The molecule has 0 aliphatic carbocycles. The van der Waals surface area contributed by atoms with Crippen molar-refractivity contribution in [3.05, 3.63) is 0 Å². The quantitative estimate of drug-likeness (QED) is 0.446. The van der Waals surface area contributed by atoms with E-state index in [1.807, 2.05) is 0 Å². The second-order valence-electron chi connectivity index (χ2n) is 2.19. The second kappa shape index (κ2) is 3.38. The third kappa shape index (κ3) is 3.09. The molecular weight excluding hydrogens is 257 g/mol. The highest BCUT2D eigenvalue weighted by Gasteiger charge is 2.31. The molecule has 0 fully saturated rings. The Morgan fingerprint density at radius 1 is 1.23 bits per heavy atom. The van der Waals surface area contributed by atoms with Gasteiger partial charge < -0.3 is 5.73 Å². The molecule has 0 spiro atoms. The van der Waals surface area contributed by atoms with E-state index < -0.39 is 11.3 Å². The Morgan fingerprint density at radius 3 is 2.15 bits per heavy atom. The summed E-state index contributed by atoms with van der Waals surface area (Å²) in [7, 11) is -2.84. The topological polar surface area (TPSA) is 115 Å². The molecule has 1 rings (SSSR count). The SMILES string of the molecule is NC1=NP(N)(N)=NC(C(Cl)(Cl)Cl)=N1. The van der Waals surface area contributed by atoms with Gasteiger partial charge in [0, 0.05) is 0 Å². The lowest BCUT2D eigenvalue weighted by atomic mass is 10.7. The fraction of sp³-hybridized carbons (Fsp3) is 0.333. The van der Waals surface area contributed by atoms with Crippen LogP contribution in [0.5, 0.6) is 0 Å². The number of rotatable bonds is 0. The normalized spacial score (nSPS) is 21.6. The van der Waals surface area contributed by atoms with Crippen molar-refractivity contribution in [2.24, 2.45) is 31.2 Å². The van der Waals surface area contributed by atoms with Gasteiger partial charge in [0.15, 0.2) is 5.84 Å². The lowest BCUT2D eigenvalue weighted by Crippen LogP contribution is -2.26. The maximum Gasteiger partial charge on any atom is 0.250 e. The van der Waals surface area contributed by atoms with Gasteiger partial charge in [-0.15, -0.1) is 0 Å². The Kier molecular flexibility index (Phi) is 2.92. The minimum Gasteiger partial charge on any atom is -0.368 e. The van der Waals surface area contributed by atoms with E-state index >= 15 is 0 Å². The molecular formula is C3H6Cl3N6P. The smallest absolute Gasteiger partial charge is 0.250 e. The Hall–Kier alpha value is 0.160. The standard InChI is InChI=1S/C3H6Cl3N6P/c4-3(5,6)1-10-2(7)12-13(8,9)11-1/h8-9H2,(H2,7,12). The summed E-state index contributed by atoms with van der Waals surface area (Å²) in [5, 5.41) is 0. The molecule has 1 aliphatic heterocycles. The summed E-state index contributed by atoms with van der Waals surface area (Å²) in [5.74, 6) is -0.266. The first kappa shape index (κ1) is 11.2. The van der Waals surface area contributed by atoms with Crippen LogP contribution in [0.4, 0.5) is 0 Å². The van der Waals surface area contributed by atoms with Crippen LogP contribution in [-0.2, 0) is 0 Å². The molecule has 10 heteroatoms. The highest BCUT2D eigenvalue weighted by molar-refractivity contribution is 7.60. The first-order valence-electron chi connectivity index (χ1n) is 2.92. The van der Waals surface area contributed by atoms with Crippen LogP contribution < -0.4 is 16.7 Å². The minimum absolute atomic E-state index is 0.130. The molecule has 74 valence electrons. The molecule has 1 heterocycles. The molecule has 0 saturated heterocycles. The van der Waals surface area contributed by atoms with E-state index in [2.05, 4.69) is 14.5 Å². The zero-order valence-electron chi connectivity index (χ0n) is 6.15. The van der Waals surface area contributed by atoms with Crippen LogP contribution in [0.2, 0.25) is 0 Å². The number of amidine groups is 1. The van der Waals surface area contributed by atoms with Crippen molar-refractivity contribution >= 4 is 54.1 Å². The third-order valence-electron chi connectivity index (χ3n) is 0.992. The van der Waals surface area contributed by atoms with Crippen LogP contribution in [-0.4, -0.2) is 15.6 Å². The van der Waals surface area contributed by atoms with Crippen LogP contribution >= 0.6 is 42.3 Å². The number of aliphatic imine (C=N–C) groups is 1. The highest BCUT2D eigenvalue weighted by atomic mass is 35.6. The fourth-order valence-electron chi connectivity index (χ4n) is 0.612. The Labute approximate surface area is 89.3 Å². The number of nitrogens with two attached hydrogens (primary N) is 3. The monoisotopic (exact) mass is 262 g/mol. The van der Waals surface area contributed by atoms with E-state index in [0.717, 1.165) is 0 Å². The van der Waals surface area contributed by atoms with Crippen molar-refractivity contribution in [3.63, 3.8) is 0 Å². The Morgan fingerprint density at radius 2 is 1.77 bits per heavy atom. The van der Waals surface area contributed by atoms with Gasteiger partial charge in [0.05, 0.1) is 0 Å². The van der Waals surface area contributed by atoms with E-state index in [9.17, 15) is 0 Å². The second-order valence-corrected chi connectivity index (χ2v) is 6.27. The summed E-state index contributed by atoms with van der Waals surface area (Å²) in [4.78, 5) is 3.60. The number of guanidine groups is 1. The summed E-state index contributed by atoms with van der Waals surface area (Å²) in [6, 6.07) is 0. The number of alkyl halides is 3. The van der Waals surface area contributed by atoms with Gasteiger partial charge >= 0.3 is 0 Å². The predicted octanol–water partition coefficient (Wildman–Crippen LogP) is 0.947. The molecule has 0 bridgehead atoms. The molecule has 6 N–H and O–H groups in total. The van der Waals surface area contributed by atoms with Crippen LogP contribution in [0.3, 0.4) is 0 Å². The van der Waals surface area contributed by atoms with E-state index in [1.54, 1.807) is 0 Å². The zero-order valence-corrected chi connectivity index (χ0v) is 9.32. The summed E-state index contributed by atoms with van der Waals surface area (Å²) >= 11 is 16.5. The predicted molar refractivity (Wildman–Crippen MR) is 57.1 cm³/mol. The number of hydrogen-bond donors (Lipinski definition) is 3. The van der Waals surface area contributed by atoms with Crippen molar-refractivity contribution in [2.75, 3.05) is 0 Å². The van der Waals surface area contributed by atoms with Gasteiger partial charge in [0.1, 0.15) is 0 Å². The van der Waals surface area contributed by atoms with Gasteiger partial charge in [-0.3, -0.25) is 11.0 Å². The van der Waals surface area contributed by atoms with Gasteiger partial charge in [-0.2, -0.15) is 14.5 Å². The number of hydrogen-bond acceptors (Lipinski definition) is 6. The molecule has 6 nitrogen and oxygen atoms in total. The lowest BCUT2D eigenvalue weighted by Gasteiger charge is -2.17. The Bertz CT molecular complexity index is 334. The molecule has 0 aromatic heterocycles. The van der Waals surface area contributed by atoms with Crippen LogP contribution in [0.1, 0.15) is 0 Å². The maximum absolute atomic E-state index is 5.51. The van der Waals surface area contributed by atoms with Crippen LogP contribution in [0.15, 0.2) is 14.5 Å². The van der Waals surface area contributed by atoms with Gasteiger partial charge in [-0.1, -0.05) is 34.8 Å². The molecule has 1 aliphatic rings. The number of halogens is 3. The minimum atomic E-state index is -2.84. The third-order valence-corrected chi connectivity index (χ3v) is 2.53. The molecule has 0 amide bonds. The highest BCUT2D eigenvalue weighted by Crippen LogP contribution is 2.40. The van der Waals surface area contributed by atoms with Crippen LogP contribution in [0.25, 0.3) is 0 Å². The summed E-state index contributed by atoms with van der Waals surface area (Å²) in [6.45, 7) is 0. The first-order chi connectivity index (χ1) is 5.71. The number of nitrogens with zero attached hydrogens (tertiary/aromatic N) is 3. The molecule has 13 heavy (non-hydrogen) atoms. The van der Waals surface area contributed by atoms with Crippen molar-refractivity contribution in [3.8, 4) is 0 Å². The summed E-state index contributed by atoms with van der Waals surface area (Å²) in [6.07, 6.45) is 0. The average molecular weight is 263 g/mol. The van der Waals surface area contributed by atoms with E-state index in [1.165, 1.54) is 0 Å².